The van der Waals surface area contributed by atoms with E-state index in [1.807, 2.05) is 4.90 Å². The molecule has 1 amide bonds. The van der Waals surface area contributed by atoms with Gasteiger partial charge in [-0.3, -0.25) is 14.5 Å². The van der Waals surface area contributed by atoms with Gasteiger partial charge in [-0.1, -0.05) is 13.3 Å². The van der Waals surface area contributed by atoms with Gasteiger partial charge in [0.15, 0.2) is 0 Å². The fraction of sp³-hybridized carbons (Fsp3) is 0.889. The van der Waals surface area contributed by atoms with Gasteiger partial charge in [0.25, 0.3) is 0 Å². The average molecular weight is 359 g/mol. The van der Waals surface area contributed by atoms with Gasteiger partial charge in [-0.25, -0.2) is 0 Å². The zero-order valence-electron chi connectivity index (χ0n) is 14.7. The third-order valence-corrected chi connectivity index (χ3v) is 5.84. The third-order valence-electron chi connectivity index (χ3n) is 5.84. The number of carbonyl (C=O) groups excluding carboxylic acids is 1. The molecule has 5 nitrogen and oxygen atoms in total. The van der Waals surface area contributed by atoms with E-state index < -0.39 is 12.0 Å². The van der Waals surface area contributed by atoms with Crippen LogP contribution in [0.3, 0.4) is 0 Å². The third kappa shape index (κ3) is 4.63. The largest absolute Gasteiger partial charge is 0.480 e. The lowest BCUT2D eigenvalue weighted by Crippen LogP contribution is -2.52. The smallest absolute Gasteiger partial charge is 0.320 e. The summed E-state index contributed by atoms with van der Waals surface area (Å²) in [7, 11) is 0. The fourth-order valence-electron chi connectivity index (χ4n) is 4.29. The maximum atomic E-state index is 12.9. The van der Waals surface area contributed by atoms with Gasteiger partial charge < -0.3 is 10.0 Å². The second kappa shape index (κ2) is 8.52. The first-order chi connectivity index (χ1) is 11.1. The number of nitrogens with zero attached hydrogens (tertiary/aromatic N) is 2. The van der Waals surface area contributed by atoms with E-state index in [2.05, 4.69) is 11.8 Å². The Balaban J connectivity index is 0.00000208. The molecule has 0 aromatic rings. The van der Waals surface area contributed by atoms with Crippen LogP contribution in [0.2, 0.25) is 0 Å². The highest BCUT2D eigenvalue weighted by molar-refractivity contribution is 5.85. The predicted octanol–water partition coefficient (Wildman–Crippen LogP) is 2.92. The summed E-state index contributed by atoms with van der Waals surface area (Å²) in [5.74, 6) is 0.169. The van der Waals surface area contributed by atoms with Crippen molar-refractivity contribution in [1.82, 2.24) is 9.80 Å². The van der Waals surface area contributed by atoms with Crippen molar-refractivity contribution in [3.05, 3.63) is 0 Å². The van der Waals surface area contributed by atoms with Crippen LogP contribution in [0.1, 0.15) is 64.7 Å². The predicted molar refractivity (Wildman–Crippen MR) is 95.4 cm³/mol. The van der Waals surface area contributed by atoms with E-state index in [0.29, 0.717) is 25.0 Å². The normalized spacial score (nSPS) is 31.1. The lowest BCUT2D eigenvalue weighted by Gasteiger charge is -2.39. The zero-order chi connectivity index (χ0) is 16.4. The van der Waals surface area contributed by atoms with E-state index in [-0.39, 0.29) is 18.3 Å². The van der Waals surface area contributed by atoms with Crippen LogP contribution in [0.25, 0.3) is 0 Å². The number of halogens is 1. The first kappa shape index (κ1) is 19.5. The van der Waals surface area contributed by atoms with Crippen molar-refractivity contribution >= 4 is 24.3 Å². The molecular formula is C18H31ClN2O3. The van der Waals surface area contributed by atoms with Crippen LogP contribution < -0.4 is 0 Å². The number of carboxylic acids is 1. The van der Waals surface area contributed by atoms with Crippen molar-refractivity contribution < 1.29 is 14.7 Å². The molecule has 0 bridgehead atoms. The molecule has 1 saturated heterocycles. The lowest BCUT2D eigenvalue weighted by molar-refractivity contribution is -0.147. The lowest BCUT2D eigenvalue weighted by atomic mass is 9.86. The molecule has 24 heavy (non-hydrogen) atoms. The molecule has 0 radical (unpaired) electrons. The molecule has 6 heteroatoms. The molecule has 0 spiro atoms. The molecule has 3 aliphatic rings. The molecule has 1 N–H and O–H groups in total. The van der Waals surface area contributed by atoms with Crippen LogP contribution in [0.5, 0.6) is 0 Å². The number of likely N-dealkylation sites (tertiary alicyclic amines) is 1. The Morgan fingerprint density at radius 1 is 1.00 bits per heavy atom. The van der Waals surface area contributed by atoms with Crippen molar-refractivity contribution in [2.75, 3.05) is 13.1 Å². The zero-order valence-corrected chi connectivity index (χ0v) is 15.5. The summed E-state index contributed by atoms with van der Waals surface area (Å²) < 4.78 is 0. The van der Waals surface area contributed by atoms with Crippen molar-refractivity contribution in [2.45, 2.75) is 82.8 Å². The number of rotatable bonds is 5. The topological polar surface area (TPSA) is 60.9 Å². The summed E-state index contributed by atoms with van der Waals surface area (Å²) in [5.41, 5.74) is 0. The Morgan fingerprint density at radius 2 is 1.58 bits per heavy atom. The van der Waals surface area contributed by atoms with E-state index in [9.17, 15) is 14.7 Å². The molecule has 2 aliphatic carbocycles. The summed E-state index contributed by atoms with van der Waals surface area (Å²) in [5, 5.41) is 9.39. The highest BCUT2D eigenvalue weighted by Crippen LogP contribution is 2.35. The monoisotopic (exact) mass is 358 g/mol. The van der Waals surface area contributed by atoms with Gasteiger partial charge in [0.05, 0.1) is 6.54 Å². The maximum Gasteiger partial charge on any atom is 0.320 e. The van der Waals surface area contributed by atoms with Crippen LogP contribution in [-0.4, -0.2) is 58.0 Å². The Bertz CT molecular complexity index is 448. The van der Waals surface area contributed by atoms with Crippen LogP contribution in [0.4, 0.5) is 0 Å². The van der Waals surface area contributed by atoms with Crippen molar-refractivity contribution in [2.24, 2.45) is 5.92 Å². The summed E-state index contributed by atoms with van der Waals surface area (Å²) in [4.78, 5) is 28.4. The van der Waals surface area contributed by atoms with Crippen molar-refractivity contribution in [3.63, 3.8) is 0 Å². The molecule has 1 atom stereocenters. The molecule has 1 heterocycles. The highest BCUT2D eigenvalue weighted by Gasteiger charge is 2.40. The Kier molecular flexibility index (Phi) is 6.93. The van der Waals surface area contributed by atoms with Gasteiger partial charge in [-0.05, 0) is 63.8 Å². The molecule has 1 aliphatic heterocycles. The van der Waals surface area contributed by atoms with Gasteiger partial charge in [0.1, 0.15) is 6.04 Å². The van der Waals surface area contributed by atoms with Gasteiger partial charge in [0.2, 0.25) is 5.91 Å². The maximum absolute atomic E-state index is 12.9. The minimum Gasteiger partial charge on any atom is -0.480 e. The number of carbonyl (C=O) groups is 2. The molecular weight excluding hydrogens is 328 g/mol. The van der Waals surface area contributed by atoms with Crippen LogP contribution in [0, 0.1) is 5.92 Å². The summed E-state index contributed by atoms with van der Waals surface area (Å²) in [6.45, 7) is 3.33. The second-order valence-corrected chi connectivity index (χ2v) is 7.77. The van der Waals surface area contributed by atoms with E-state index in [1.54, 1.807) is 0 Å². The van der Waals surface area contributed by atoms with Crippen molar-refractivity contribution in [1.29, 1.82) is 0 Å². The first-order valence-electron chi connectivity index (χ1n) is 9.34. The summed E-state index contributed by atoms with van der Waals surface area (Å²) >= 11 is 0. The molecule has 0 aromatic heterocycles. The summed E-state index contributed by atoms with van der Waals surface area (Å²) in [6, 6.07) is 0.341. The number of piperidine rings is 1. The number of amides is 1. The molecule has 0 aromatic carbocycles. The number of hydrogen-bond acceptors (Lipinski definition) is 3. The van der Waals surface area contributed by atoms with Crippen LogP contribution in [-0.2, 0) is 9.59 Å². The molecule has 3 rings (SSSR count). The second-order valence-electron chi connectivity index (χ2n) is 7.77. The van der Waals surface area contributed by atoms with E-state index in [1.165, 1.54) is 12.8 Å². The van der Waals surface area contributed by atoms with Crippen molar-refractivity contribution in [3.8, 4) is 0 Å². The number of hydrogen-bond donors (Lipinski definition) is 1. The first-order valence-corrected chi connectivity index (χ1v) is 9.34. The standard InChI is InChI=1S/C18H30N2O3.ClH/c1-13-5-7-14(8-6-13)20(15-9-10-15)17(21)12-19-11-3-2-4-16(19)18(22)23;/h13-16H,2-12H2,1H3,(H,22,23);1H. The molecule has 3 fully saturated rings. The quantitative estimate of drug-likeness (QED) is 0.820. The Labute approximate surface area is 151 Å². The number of aliphatic carboxylic acids is 1. The fourth-order valence-corrected chi connectivity index (χ4v) is 4.29. The molecule has 1 unspecified atom stereocenters. The minimum atomic E-state index is -0.776. The van der Waals surface area contributed by atoms with E-state index in [4.69, 9.17) is 0 Å². The number of carboxylic acid groups (broad SMARTS) is 1. The Morgan fingerprint density at radius 3 is 2.12 bits per heavy atom. The van der Waals surface area contributed by atoms with Crippen LogP contribution >= 0.6 is 12.4 Å². The molecule has 138 valence electrons. The van der Waals surface area contributed by atoms with E-state index >= 15 is 0 Å². The summed E-state index contributed by atoms with van der Waals surface area (Å²) in [6.07, 6.45) is 9.53. The van der Waals surface area contributed by atoms with E-state index in [0.717, 1.165) is 51.0 Å². The van der Waals surface area contributed by atoms with Gasteiger partial charge >= 0.3 is 5.97 Å². The molecule has 2 saturated carbocycles. The van der Waals surface area contributed by atoms with Crippen LogP contribution in [0.15, 0.2) is 0 Å². The van der Waals surface area contributed by atoms with Gasteiger partial charge in [-0.2, -0.15) is 0 Å². The highest BCUT2D eigenvalue weighted by atomic mass is 35.5. The average Bonchev–Trinajstić information content (AvgIpc) is 3.34. The Hall–Kier alpha value is -0.810. The van der Waals surface area contributed by atoms with Gasteiger partial charge in [0, 0.05) is 12.1 Å². The van der Waals surface area contributed by atoms with Gasteiger partial charge in [-0.15, -0.1) is 12.4 Å². The minimum absolute atomic E-state index is 0. The SMILES string of the molecule is CC1CCC(N(C(=O)CN2CCCCC2C(=O)O)C2CC2)CC1.Cl.